The fourth-order valence-electron chi connectivity index (χ4n) is 0.711. The molecular weight excluding hydrogens is 148 g/mol. The molecular formula is C7H8O4. The Labute approximate surface area is 63.8 Å². The molecule has 0 saturated carbocycles. The van der Waals surface area contributed by atoms with Crippen LogP contribution in [0.15, 0.2) is 12.2 Å². The first-order chi connectivity index (χ1) is 5.20. The first-order valence-corrected chi connectivity index (χ1v) is 3.19. The quantitative estimate of drug-likeness (QED) is 0.502. The second-order valence-electron chi connectivity index (χ2n) is 2.08. The van der Waals surface area contributed by atoms with Crippen LogP contribution in [0.25, 0.3) is 0 Å². The highest BCUT2D eigenvalue weighted by molar-refractivity contribution is 5.94. The highest BCUT2D eigenvalue weighted by Gasteiger charge is 2.21. The zero-order valence-electron chi connectivity index (χ0n) is 6.07. The summed E-state index contributed by atoms with van der Waals surface area (Å²) < 4.78 is 9.36. The third-order valence-corrected chi connectivity index (χ3v) is 1.13. The first-order valence-electron chi connectivity index (χ1n) is 3.19. The van der Waals surface area contributed by atoms with Gasteiger partial charge in [-0.05, 0) is 6.08 Å². The summed E-state index contributed by atoms with van der Waals surface area (Å²) >= 11 is 0. The predicted molar refractivity (Wildman–Crippen MR) is 35.7 cm³/mol. The van der Waals surface area contributed by atoms with Gasteiger partial charge in [0.05, 0.1) is 6.61 Å². The van der Waals surface area contributed by atoms with Gasteiger partial charge in [-0.1, -0.05) is 6.08 Å². The fourth-order valence-corrected chi connectivity index (χ4v) is 0.711. The second kappa shape index (κ2) is 3.30. The van der Waals surface area contributed by atoms with Crippen molar-refractivity contribution < 1.29 is 19.1 Å². The Balaban J connectivity index is 2.52. The van der Waals surface area contributed by atoms with Gasteiger partial charge in [-0.3, -0.25) is 9.59 Å². The lowest BCUT2D eigenvalue weighted by Gasteiger charge is -2.16. The normalized spacial score (nSPS) is 23.4. The molecule has 1 atom stereocenters. The van der Waals surface area contributed by atoms with Crippen LogP contribution in [0, 0.1) is 0 Å². The molecule has 1 aliphatic rings. The number of carbonyl (C=O) groups is 2. The van der Waals surface area contributed by atoms with Crippen LogP contribution >= 0.6 is 0 Å². The van der Waals surface area contributed by atoms with Gasteiger partial charge in [0.2, 0.25) is 5.78 Å². The lowest BCUT2D eigenvalue weighted by Crippen LogP contribution is -2.30. The smallest absolute Gasteiger partial charge is 0.305 e. The number of hydrogen-bond donors (Lipinski definition) is 0. The number of carbonyl (C=O) groups excluding carboxylic acids is 2. The van der Waals surface area contributed by atoms with E-state index in [-0.39, 0.29) is 5.78 Å². The Bertz CT molecular complexity index is 206. The molecule has 0 aromatic rings. The summed E-state index contributed by atoms with van der Waals surface area (Å²) in [5.41, 5.74) is 0. The van der Waals surface area contributed by atoms with E-state index in [2.05, 4.69) is 4.74 Å². The molecule has 1 heterocycles. The average Bonchev–Trinajstić information content (AvgIpc) is 1.93. The molecule has 1 rings (SSSR count). The minimum atomic E-state index is -1.03. The molecule has 0 saturated heterocycles. The number of hydrogen-bond acceptors (Lipinski definition) is 4. The molecule has 0 aromatic heterocycles. The molecule has 60 valence electrons. The predicted octanol–water partition coefficient (Wildman–Crippen LogP) is 0.0311. The lowest BCUT2D eigenvalue weighted by atomic mass is 10.3. The van der Waals surface area contributed by atoms with Gasteiger partial charge >= 0.3 is 5.97 Å². The zero-order chi connectivity index (χ0) is 8.27. The van der Waals surface area contributed by atoms with E-state index in [4.69, 9.17) is 4.74 Å². The van der Waals surface area contributed by atoms with E-state index in [1.807, 2.05) is 0 Å². The minimum absolute atomic E-state index is 0.309. The summed E-state index contributed by atoms with van der Waals surface area (Å²) in [5, 5.41) is 0. The molecule has 0 amide bonds. The topological polar surface area (TPSA) is 52.6 Å². The molecule has 0 bridgehead atoms. The van der Waals surface area contributed by atoms with Gasteiger partial charge in [-0.15, -0.1) is 0 Å². The van der Waals surface area contributed by atoms with E-state index >= 15 is 0 Å². The maximum absolute atomic E-state index is 10.8. The highest BCUT2D eigenvalue weighted by atomic mass is 16.7. The van der Waals surface area contributed by atoms with Crippen LogP contribution in [0.3, 0.4) is 0 Å². The van der Waals surface area contributed by atoms with Crippen LogP contribution in [0.1, 0.15) is 6.92 Å². The minimum Gasteiger partial charge on any atom is -0.428 e. The lowest BCUT2D eigenvalue weighted by molar-refractivity contribution is -0.180. The van der Waals surface area contributed by atoms with E-state index in [1.54, 1.807) is 6.08 Å². The second-order valence-corrected chi connectivity index (χ2v) is 2.08. The van der Waals surface area contributed by atoms with Crippen molar-refractivity contribution in [2.24, 2.45) is 0 Å². The Kier molecular flexibility index (Phi) is 2.38. The van der Waals surface area contributed by atoms with Crippen LogP contribution < -0.4 is 0 Å². The molecule has 4 heteroatoms. The monoisotopic (exact) mass is 156 g/mol. The fraction of sp³-hybridized carbons (Fsp3) is 0.429. The van der Waals surface area contributed by atoms with Crippen molar-refractivity contribution >= 4 is 11.8 Å². The first kappa shape index (κ1) is 7.94. The maximum Gasteiger partial charge on any atom is 0.305 e. The van der Waals surface area contributed by atoms with Crippen molar-refractivity contribution in [3.05, 3.63) is 12.2 Å². The van der Waals surface area contributed by atoms with Crippen LogP contribution in [0.2, 0.25) is 0 Å². The van der Waals surface area contributed by atoms with Gasteiger partial charge in [0.25, 0.3) is 6.29 Å². The molecule has 0 aliphatic carbocycles. The SMILES string of the molecule is CC(=O)O[C@@H]1OCC=CC1=O. The summed E-state index contributed by atoms with van der Waals surface area (Å²) in [5.74, 6) is -0.842. The number of ether oxygens (including phenoxy) is 2. The van der Waals surface area contributed by atoms with Gasteiger partial charge in [0.1, 0.15) is 0 Å². The van der Waals surface area contributed by atoms with Gasteiger partial charge < -0.3 is 9.47 Å². The Morgan fingerprint density at radius 3 is 3.09 bits per heavy atom. The molecule has 0 N–H and O–H groups in total. The molecule has 4 nitrogen and oxygen atoms in total. The number of rotatable bonds is 1. The molecule has 0 spiro atoms. The van der Waals surface area contributed by atoms with Crippen molar-refractivity contribution in [2.75, 3.05) is 6.61 Å². The average molecular weight is 156 g/mol. The van der Waals surface area contributed by atoms with E-state index < -0.39 is 12.3 Å². The highest BCUT2D eigenvalue weighted by Crippen LogP contribution is 2.03. The maximum atomic E-state index is 10.8. The van der Waals surface area contributed by atoms with E-state index in [1.165, 1.54) is 13.0 Å². The van der Waals surface area contributed by atoms with E-state index in [0.29, 0.717) is 6.61 Å². The molecule has 1 aliphatic heterocycles. The van der Waals surface area contributed by atoms with Crippen molar-refractivity contribution in [1.29, 1.82) is 0 Å². The van der Waals surface area contributed by atoms with Gasteiger partial charge in [0.15, 0.2) is 0 Å². The Morgan fingerprint density at radius 2 is 2.55 bits per heavy atom. The molecule has 0 unspecified atom stereocenters. The number of ketones is 1. The molecule has 0 aromatic carbocycles. The third kappa shape index (κ3) is 2.16. The molecule has 0 radical (unpaired) electrons. The number of esters is 1. The molecule has 11 heavy (non-hydrogen) atoms. The van der Waals surface area contributed by atoms with Gasteiger partial charge in [-0.2, -0.15) is 0 Å². The van der Waals surface area contributed by atoms with Crippen LogP contribution in [0.5, 0.6) is 0 Å². The van der Waals surface area contributed by atoms with Crippen LogP contribution in [0.4, 0.5) is 0 Å². The van der Waals surface area contributed by atoms with Crippen LogP contribution in [-0.2, 0) is 19.1 Å². The Hall–Kier alpha value is -1.16. The summed E-state index contributed by atoms with van der Waals surface area (Å²) in [6.45, 7) is 1.54. The standard InChI is InChI=1S/C7H8O4/c1-5(8)11-7-6(9)3-2-4-10-7/h2-3,7H,4H2,1H3/t7-/m0/s1. The van der Waals surface area contributed by atoms with Gasteiger partial charge in [-0.25, -0.2) is 0 Å². The van der Waals surface area contributed by atoms with Crippen LogP contribution in [-0.4, -0.2) is 24.6 Å². The van der Waals surface area contributed by atoms with Crippen molar-refractivity contribution in [3.63, 3.8) is 0 Å². The van der Waals surface area contributed by atoms with Crippen molar-refractivity contribution in [1.82, 2.24) is 0 Å². The van der Waals surface area contributed by atoms with E-state index in [0.717, 1.165) is 0 Å². The summed E-state index contributed by atoms with van der Waals surface area (Å²) in [4.78, 5) is 21.2. The largest absolute Gasteiger partial charge is 0.428 e. The Morgan fingerprint density at radius 1 is 1.82 bits per heavy atom. The summed E-state index contributed by atoms with van der Waals surface area (Å²) in [7, 11) is 0. The summed E-state index contributed by atoms with van der Waals surface area (Å²) in [6.07, 6.45) is 1.89. The summed E-state index contributed by atoms with van der Waals surface area (Å²) in [6, 6.07) is 0. The molecule has 0 fully saturated rings. The zero-order valence-corrected chi connectivity index (χ0v) is 6.07. The van der Waals surface area contributed by atoms with Crippen molar-refractivity contribution in [2.45, 2.75) is 13.2 Å². The van der Waals surface area contributed by atoms with Crippen molar-refractivity contribution in [3.8, 4) is 0 Å². The van der Waals surface area contributed by atoms with E-state index in [9.17, 15) is 9.59 Å². The third-order valence-electron chi connectivity index (χ3n) is 1.13. The van der Waals surface area contributed by atoms with Gasteiger partial charge in [0, 0.05) is 6.92 Å².